The largest absolute Gasteiger partial charge is 0.383 e. The van der Waals surface area contributed by atoms with Gasteiger partial charge in [-0.1, -0.05) is 0 Å². The molecule has 2 rings (SSSR count). The van der Waals surface area contributed by atoms with Crippen molar-refractivity contribution >= 4 is 22.8 Å². The zero-order valence-electron chi connectivity index (χ0n) is 8.31. The normalized spacial score (nSPS) is 10.2. The van der Waals surface area contributed by atoms with E-state index in [0.29, 0.717) is 0 Å². The van der Waals surface area contributed by atoms with Gasteiger partial charge in [-0.25, -0.2) is 4.98 Å². The predicted molar refractivity (Wildman–Crippen MR) is 55.8 cm³/mol. The van der Waals surface area contributed by atoms with Crippen LogP contribution < -0.4 is 11.3 Å². The van der Waals surface area contributed by atoms with E-state index in [1.54, 1.807) is 0 Å². The van der Waals surface area contributed by atoms with E-state index in [-0.39, 0.29) is 22.4 Å². The minimum atomic E-state index is -0.536. The number of carbonyl (C=O) groups excluding carboxylic acids is 1. The van der Waals surface area contributed by atoms with Crippen LogP contribution in [0.3, 0.4) is 0 Å². The second-order valence-corrected chi connectivity index (χ2v) is 3.20. The number of anilines is 1. The lowest BCUT2D eigenvalue weighted by Gasteiger charge is -1.94. The number of nitriles is 1. The zero-order valence-corrected chi connectivity index (χ0v) is 8.31. The molecule has 80 valence electrons. The standard InChI is InChI=1S/C9H7N5O2/c1-4(15)14-9(16)6-2-5(3-10)7(11)12-8(6)13-14/h2H,1H3,(H3,11,12,13). The summed E-state index contributed by atoms with van der Waals surface area (Å²) < 4.78 is 0.818. The third kappa shape index (κ3) is 1.25. The van der Waals surface area contributed by atoms with Gasteiger partial charge in [0, 0.05) is 6.92 Å². The second kappa shape index (κ2) is 3.20. The lowest BCUT2D eigenvalue weighted by Crippen LogP contribution is -2.21. The number of aromatic amines is 1. The molecular formula is C9H7N5O2. The smallest absolute Gasteiger partial charge is 0.283 e. The van der Waals surface area contributed by atoms with Gasteiger partial charge in [0.15, 0.2) is 5.65 Å². The zero-order chi connectivity index (χ0) is 11.9. The molecule has 0 aliphatic carbocycles. The fraction of sp³-hybridized carbons (Fsp3) is 0.111. The number of nitrogens with zero attached hydrogens (tertiary/aromatic N) is 3. The van der Waals surface area contributed by atoms with Crippen LogP contribution >= 0.6 is 0 Å². The summed E-state index contributed by atoms with van der Waals surface area (Å²) in [5, 5.41) is 11.4. The molecule has 0 saturated carbocycles. The van der Waals surface area contributed by atoms with Crippen LogP contribution in [0.15, 0.2) is 10.9 Å². The molecule has 0 aromatic carbocycles. The summed E-state index contributed by atoms with van der Waals surface area (Å²) in [6.45, 7) is 1.24. The van der Waals surface area contributed by atoms with Crippen molar-refractivity contribution in [3.8, 4) is 6.07 Å². The highest BCUT2D eigenvalue weighted by Gasteiger charge is 2.13. The highest BCUT2D eigenvalue weighted by molar-refractivity contribution is 5.84. The van der Waals surface area contributed by atoms with Crippen molar-refractivity contribution in [2.24, 2.45) is 0 Å². The third-order valence-corrected chi connectivity index (χ3v) is 2.14. The van der Waals surface area contributed by atoms with E-state index in [9.17, 15) is 9.59 Å². The monoisotopic (exact) mass is 217 g/mol. The molecule has 0 spiro atoms. The molecule has 7 heteroatoms. The van der Waals surface area contributed by atoms with Crippen LogP contribution in [0.25, 0.3) is 11.0 Å². The molecule has 16 heavy (non-hydrogen) atoms. The molecule has 0 bridgehead atoms. The Hall–Kier alpha value is -2.62. The number of hydrogen-bond acceptors (Lipinski definition) is 5. The molecule has 2 aromatic rings. The minimum Gasteiger partial charge on any atom is -0.383 e. The van der Waals surface area contributed by atoms with Crippen molar-refractivity contribution in [1.29, 1.82) is 5.26 Å². The Morgan fingerprint density at radius 3 is 2.94 bits per heavy atom. The summed E-state index contributed by atoms with van der Waals surface area (Å²) >= 11 is 0. The Bertz CT molecular complexity index is 688. The average Bonchev–Trinajstić information content (AvgIpc) is 2.54. The molecule has 0 atom stereocenters. The fourth-order valence-electron chi connectivity index (χ4n) is 1.36. The number of fused-ring (bicyclic) bond motifs is 1. The number of nitrogens with two attached hydrogens (primary N) is 1. The number of carbonyl (C=O) groups is 1. The predicted octanol–water partition coefficient (Wildman–Crippen LogP) is -0.161. The summed E-state index contributed by atoms with van der Waals surface area (Å²) in [5.41, 5.74) is 5.25. The molecule has 0 aliphatic rings. The van der Waals surface area contributed by atoms with Gasteiger partial charge in [-0.2, -0.15) is 9.94 Å². The average molecular weight is 217 g/mol. The lowest BCUT2D eigenvalue weighted by molar-refractivity contribution is 0.0918. The van der Waals surface area contributed by atoms with Gasteiger partial charge in [-0.15, -0.1) is 0 Å². The van der Waals surface area contributed by atoms with Crippen LogP contribution in [0.5, 0.6) is 0 Å². The minimum absolute atomic E-state index is 0.0203. The SMILES string of the molecule is CC(=O)n1[nH]c2nc(N)c(C#N)cc2c1=O. The van der Waals surface area contributed by atoms with E-state index in [1.165, 1.54) is 13.0 Å². The molecule has 7 nitrogen and oxygen atoms in total. The van der Waals surface area contributed by atoms with Crippen molar-refractivity contribution in [2.75, 3.05) is 5.73 Å². The molecule has 0 radical (unpaired) electrons. The fourth-order valence-corrected chi connectivity index (χ4v) is 1.36. The summed E-state index contributed by atoms with van der Waals surface area (Å²) in [6, 6.07) is 3.13. The molecule has 2 heterocycles. The number of nitrogens with one attached hydrogen (secondary N) is 1. The first-order chi connectivity index (χ1) is 7.54. The van der Waals surface area contributed by atoms with Gasteiger partial charge < -0.3 is 5.73 Å². The number of rotatable bonds is 0. The molecule has 0 amide bonds. The summed E-state index contributed by atoms with van der Waals surface area (Å²) in [7, 11) is 0. The van der Waals surface area contributed by atoms with Crippen molar-refractivity contribution in [3.05, 3.63) is 22.0 Å². The van der Waals surface area contributed by atoms with Gasteiger partial charge in [0.1, 0.15) is 11.9 Å². The molecule has 2 aromatic heterocycles. The van der Waals surface area contributed by atoms with Gasteiger partial charge in [0.05, 0.1) is 10.9 Å². The maximum Gasteiger partial charge on any atom is 0.283 e. The molecule has 3 N–H and O–H groups in total. The summed E-state index contributed by atoms with van der Waals surface area (Å²) in [6.07, 6.45) is 0. The number of pyridine rings is 1. The molecule has 0 unspecified atom stereocenters. The van der Waals surface area contributed by atoms with E-state index in [0.717, 1.165) is 4.68 Å². The van der Waals surface area contributed by atoms with Crippen molar-refractivity contribution in [1.82, 2.24) is 14.8 Å². The molecule has 0 fully saturated rings. The van der Waals surface area contributed by atoms with Gasteiger partial charge in [0.25, 0.3) is 5.56 Å². The number of nitrogen functional groups attached to an aromatic ring is 1. The Morgan fingerprint density at radius 1 is 1.69 bits per heavy atom. The van der Waals surface area contributed by atoms with Crippen molar-refractivity contribution < 1.29 is 4.79 Å². The van der Waals surface area contributed by atoms with Gasteiger partial charge in [-0.3, -0.25) is 14.7 Å². The van der Waals surface area contributed by atoms with E-state index in [1.807, 2.05) is 6.07 Å². The first-order valence-corrected chi connectivity index (χ1v) is 4.37. The number of H-pyrrole nitrogens is 1. The maximum absolute atomic E-state index is 11.7. The molecule has 0 aliphatic heterocycles. The summed E-state index contributed by atoms with van der Waals surface area (Å²) in [5.74, 6) is -0.438. The highest BCUT2D eigenvalue weighted by Crippen LogP contribution is 2.13. The second-order valence-electron chi connectivity index (χ2n) is 3.20. The van der Waals surface area contributed by atoms with E-state index >= 15 is 0 Å². The van der Waals surface area contributed by atoms with Gasteiger partial charge in [0.2, 0.25) is 5.91 Å². The van der Waals surface area contributed by atoms with Crippen LogP contribution in [0.2, 0.25) is 0 Å². The number of aromatic nitrogens is 3. The lowest BCUT2D eigenvalue weighted by atomic mass is 10.2. The quantitative estimate of drug-likeness (QED) is 0.635. The molecular weight excluding hydrogens is 210 g/mol. The van der Waals surface area contributed by atoms with Crippen LogP contribution in [0.1, 0.15) is 17.3 Å². The Morgan fingerprint density at radius 2 is 2.38 bits per heavy atom. The van der Waals surface area contributed by atoms with Crippen molar-refractivity contribution in [2.45, 2.75) is 6.92 Å². The topological polar surface area (TPSA) is 118 Å². The highest BCUT2D eigenvalue weighted by atomic mass is 16.2. The van der Waals surface area contributed by atoms with Crippen LogP contribution in [-0.2, 0) is 0 Å². The van der Waals surface area contributed by atoms with E-state index in [2.05, 4.69) is 10.1 Å². The Balaban J connectivity index is 2.90. The van der Waals surface area contributed by atoms with Crippen LogP contribution in [0, 0.1) is 11.3 Å². The van der Waals surface area contributed by atoms with Gasteiger partial charge in [-0.05, 0) is 6.07 Å². The summed E-state index contributed by atoms with van der Waals surface area (Å²) in [4.78, 5) is 26.6. The van der Waals surface area contributed by atoms with Crippen LogP contribution in [-0.4, -0.2) is 20.7 Å². The first kappa shape index (κ1) is 9.92. The Kier molecular flexibility index (Phi) is 1.98. The van der Waals surface area contributed by atoms with Gasteiger partial charge >= 0.3 is 0 Å². The maximum atomic E-state index is 11.7. The molecule has 0 saturated heterocycles. The van der Waals surface area contributed by atoms with E-state index < -0.39 is 11.5 Å². The van der Waals surface area contributed by atoms with Crippen LogP contribution in [0.4, 0.5) is 5.82 Å². The third-order valence-electron chi connectivity index (χ3n) is 2.14. The van der Waals surface area contributed by atoms with E-state index in [4.69, 9.17) is 11.0 Å². The Labute approximate surface area is 89.1 Å². The first-order valence-electron chi connectivity index (χ1n) is 4.37. The van der Waals surface area contributed by atoms with Crippen molar-refractivity contribution in [3.63, 3.8) is 0 Å². The number of hydrogen-bond donors (Lipinski definition) is 2.